The van der Waals surface area contributed by atoms with Gasteiger partial charge in [0.2, 0.25) is 0 Å². The molecule has 0 saturated heterocycles. The highest BCUT2D eigenvalue weighted by atomic mass is 31.2. The molecule has 0 aromatic carbocycles. The fourth-order valence-electron chi connectivity index (χ4n) is 0.234. The average molecular weight is 137 g/mol. The minimum atomic E-state index is -3.43. The number of hydrogen-bond donors (Lipinski definition) is 1. The SMILES string of the molecule is [CH2]P(=O)(O)OCCC. The van der Waals surface area contributed by atoms with Crippen molar-refractivity contribution in [3.63, 3.8) is 0 Å². The van der Waals surface area contributed by atoms with Gasteiger partial charge in [-0.2, -0.15) is 0 Å². The van der Waals surface area contributed by atoms with Crippen molar-refractivity contribution < 1.29 is 14.0 Å². The molecule has 0 spiro atoms. The first kappa shape index (κ1) is 8.15. The van der Waals surface area contributed by atoms with Crippen molar-refractivity contribution in [2.45, 2.75) is 13.3 Å². The van der Waals surface area contributed by atoms with Crippen molar-refractivity contribution in [3.05, 3.63) is 6.66 Å². The molecule has 0 aromatic heterocycles. The van der Waals surface area contributed by atoms with E-state index in [1.54, 1.807) is 0 Å². The molecule has 8 heavy (non-hydrogen) atoms. The van der Waals surface area contributed by atoms with Crippen LogP contribution in [-0.4, -0.2) is 11.5 Å². The van der Waals surface area contributed by atoms with Crippen molar-refractivity contribution in [2.24, 2.45) is 0 Å². The van der Waals surface area contributed by atoms with Gasteiger partial charge in [0.25, 0.3) is 0 Å². The molecule has 0 aliphatic heterocycles. The molecule has 0 bridgehead atoms. The van der Waals surface area contributed by atoms with E-state index in [1.807, 2.05) is 6.92 Å². The molecule has 0 aliphatic carbocycles. The minimum Gasteiger partial charge on any atom is -0.324 e. The van der Waals surface area contributed by atoms with Crippen molar-refractivity contribution >= 4 is 7.60 Å². The number of rotatable bonds is 3. The lowest BCUT2D eigenvalue weighted by molar-refractivity contribution is 0.268. The molecule has 0 heterocycles. The first-order valence-corrected chi connectivity index (χ1v) is 4.14. The molecule has 1 radical (unpaired) electrons. The third kappa shape index (κ3) is 6.15. The molecule has 4 heteroatoms. The predicted octanol–water partition coefficient (Wildman–Crippen LogP) is 1.39. The molecule has 0 amide bonds. The fourth-order valence-corrected chi connectivity index (χ4v) is 0.702. The topological polar surface area (TPSA) is 46.5 Å². The third-order valence-electron chi connectivity index (χ3n) is 0.497. The van der Waals surface area contributed by atoms with Gasteiger partial charge in [0.1, 0.15) is 0 Å². The summed E-state index contributed by atoms with van der Waals surface area (Å²) in [5, 5.41) is 0. The molecule has 49 valence electrons. The van der Waals surface area contributed by atoms with Crippen LogP contribution in [-0.2, 0) is 9.09 Å². The summed E-state index contributed by atoms with van der Waals surface area (Å²) in [6, 6.07) is 0. The molecule has 1 unspecified atom stereocenters. The Balaban J connectivity index is 3.26. The van der Waals surface area contributed by atoms with Crippen LogP contribution in [0.1, 0.15) is 13.3 Å². The average Bonchev–Trinajstić information content (AvgIpc) is 1.59. The third-order valence-corrected chi connectivity index (χ3v) is 1.08. The van der Waals surface area contributed by atoms with Gasteiger partial charge in [-0.15, -0.1) is 0 Å². The van der Waals surface area contributed by atoms with E-state index in [0.717, 1.165) is 6.42 Å². The molecule has 0 aliphatic rings. The van der Waals surface area contributed by atoms with Gasteiger partial charge in [-0.1, -0.05) is 6.92 Å². The highest BCUT2D eigenvalue weighted by molar-refractivity contribution is 7.54. The molecule has 0 fully saturated rings. The lowest BCUT2D eigenvalue weighted by Crippen LogP contribution is -1.86. The predicted molar refractivity (Wildman–Crippen MR) is 31.4 cm³/mol. The van der Waals surface area contributed by atoms with Gasteiger partial charge >= 0.3 is 7.60 Å². The maximum atomic E-state index is 10.2. The normalized spacial score (nSPS) is 17.9. The Morgan fingerprint density at radius 3 is 2.50 bits per heavy atom. The summed E-state index contributed by atoms with van der Waals surface area (Å²) in [5.74, 6) is 0. The van der Waals surface area contributed by atoms with Crippen LogP contribution in [0.15, 0.2) is 0 Å². The Labute approximate surface area is 49.2 Å². The van der Waals surface area contributed by atoms with Crippen molar-refractivity contribution in [1.29, 1.82) is 0 Å². The standard InChI is InChI=1S/C4H10O3P/c1-3-4-7-8(2,5)6/h2-4H2,1H3,(H,5,6). The smallest absolute Gasteiger partial charge is 0.324 e. The summed E-state index contributed by atoms with van der Waals surface area (Å²) in [5.41, 5.74) is 0. The highest BCUT2D eigenvalue weighted by Gasteiger charge is 2.07. The van der Waals surface area contributed by atoms with Crippen LogP contribution < -0.4 is 0 Å². The van der Waals surface area contributed by atoms with Crippen LogP contribution in [0.5, 0.6) is 0 Å². The molecule has 3 nitrogen and oxygen atoms in total. The van der Waals surface area contributed by atoms with Gasteiger partial charge in [0.15, 0.2) is 0 Å². The zero-order valence-corrected chi connectivity index (χ0v) is 5.73. The largest absolute Gasteiger partial charge is 0.328 e. The molecule has 1 N–H and O–H groups in total. The zero-order valence-electron chi connectivity index (χ0n) is 4.83. The van der Waals surface area contributed by atoms with E-state index < -0.39 is 7.60 Å². The van der Waals surface area contributed by atoms with E-state index in [2.05, 4.69) is 11.2 Å². The van der Waals surface area contributed by atoms with Crippen LogP contribution in [0.2, 0.25) is 0 Å². The molecular formula is C4H10O3P. The van der Waals surface area contributed by atoms with E-state index in [9.17, 15) is 4.57 Å². The van der Waals surface area contributed by atoms with E-state index in [-0.39, 0.29) is 0 Å². The second-order valence-electron chi connectivity index (χ2n) is 1.47. The van der Waals surface area contributed by atoms with E-state index in [1.165, 1.54) is 0 Å². The maximum absolute atomic E-state index is 10.2. The van der Waals surface area contributed by atoms with E-state index >= 15 is 0 Å². The Morgan fingerprint density at radius 2 is 2.38 bits per heavy atom. The maximum Gasteiger partial charge on any atom is 0.328 e. The lowest BCUT2D eigenvalue weighted by atomic mass is 10.5. The van der Waals surface area contributed by atoms with Gasteiger partial charge in [0, 0.05) is 0 Å². The summed E-state index contributed by atoms with van der Waals surface area (Å²) >= 11 is 0. The number of hydrogen-bond acceptors (Lipinski definition) is 2. The van der Waals surface area contributed by atoms with Gasteiger partial charge in [-0.05, 0) is 6.42 Å². The van der Waals surface area contributed by atoms with E-state index in [4.69, 9.17) is 4.89 Å². The summed E-state index contributed by atoms with van der Waals surface area (Å²) < 4.78 is 14.6. The van der Waals surface area contributed by atoms with Gasteiger partial charge in [-0.25, -0.2) is 0 Å². The van der Waals surface area contributed by atoms with Gasteiger partial charge in [-0.3, -0.25) is 4.57 Å². The molecular weight excluding hydrogens is 127 g/mol. The van der Waals surface area contributed by atoms with Gasteiger partial charge in [0.05, 0.1) is 13.3 Å². The van der Waals surface area contributed by atoms with Gasteiger partial charge < -0.3 is 9.42 Å². The minimum absolute atomic E-state index is 0.303. The highest BCUT2D eigenvalue weighted by Crippen LogP contribution is 2.38. The zero-order chi connectivity index (χ0) is 6.62. The first-order valence-electron chi connectivity index (χ1n) is 2.38. The molecule has 1 atom stereocenters. The summed E-state index contributed by atoms with van der Waals surface area (Å²) in [6.45, 7) is 5.06. The fraction of sp³-hybridized carbons (Fsp3) is 0.750. The van der Waals surface area contributed by atoms with Crippen LogP contribution in [0.4, 0.5) is 0 Å². The van der Waals surface area contributed by atoms with Crippen LogP contribution in [0.25, 0.3) is 0 Å². The first-order chi connectivity index (χ1) is 3.56. The monoisotopic (exact) mass is 137 g/mol. The van der Waals surface area contributed by atoms with Crippen molar-refractivity contribution in [2.75, 3.05) is 6.61 Å². The summed E-state index contributed by atoms with van der Waals surface area (Å²) in [4.78, 5) is 8.37. The quantitative estimate of drug-likeness (QED) is 0.598. The Hall–Kier alpha value is 0.150. The Bertz CT molecular complexity index is 95.5. The van der Waals surface area contributed by atoms with Crippen molar-refractivity contribution in [3.8, 4) is 0 Å². The Morgan fingerprint density at radius 1 is 1.88 bits per heavy atom. The second kappa shape index (κ2) is 3.23. The van der Waals surface area contributed by atoms with Crippen molar-refractivity contribution in [1.82, 2.24) is 0 Å². The second-order valence-corrected chi connectivity index (χ2v) is 3.00. The van der Waals surface area contributed by atoms with E-state index in [0.29, 0.717) is 6.61 Å². The summed E-state index contributed by atoms with van der Waals surface area (Å²) in [7, 11) is -3.43. The molecule has 0 rings (SSSR count). The van der Waals surface area contributed by atoms with Crippen LogP contribution >= 0.6 is 7.60 Å². The summed E-state index contributed by atoms with van der Waals surface area (Å²) in [6.07, 6.45) is 0.736. The van der Waals surface area contributed by atoms with Crippen LogP contribution in [0.3, 0.4) is 0 Å². The molecule has 0 aromatic rings. The lowest BCUT2D eigenvalue weighted by Gasteiger charge is -2.02. The van der Waals surface area contributed by atoms with Crippen LogP contribution in [0, 0.1) is 6.66 Å². The Kier molecular flexibility index (Phi) is 3.29. The molecule has 0 saturated carbocycles.